The lowest BCUT2D eigenvalue weighted by Gasteiger charge is -2.18. The van der Waals surface area contributed by atoms with E-state index in [0.29, 0.717) is 17.9 Å². The van der Waals surface area contributed by atoms with E-state index in [4.69, 9.17) is 4.74 Å². The first-order valence-corrected chi connectivity index (χ1v) is 5.88. The Bertz CT molecular complexity index is 377. The Kier molecular flexibility index (Phi) is 5.61. The average molecular weight is 253 g/mol. The van der Waals surface area contributed by atoms with E-state index in [1.54, 1.807) is 24.3 Å². The van der Waals surface area contributed by atoms with Gasteiger partial charge in [-0.05, 0) is 24.6 Å². The van der Waals surface area contributed by atoms with Crippen LogP contribution in [0.3, 0.4) is 0 Å². The van der Waals surface area contributed by atoms with Gasteiger partial charge in [-0.25, -0.2) is 0 Å². The molecule has 0 fully saturated rings. The van der Waals surface area contributed by atoms with Gasteiger partial charge in [0, 0.05) is 13.5 Å². The molecule has 0 radical (unpaired) electrons. The van der Waals surface area contributed by atoms with E-state index in [9.17, 15) is 15.0 Å². The van der Waals surface area contributed by atoms with Crippen LogP contribution in [0.1, 0.15) is 25.5 Å². The normalized spacial score (nSPS) is 13.8. The molecule has 1 aromatic rings. The van der Waals surface area contributed by atoms with Crippen molar-refractivity contribution in [3.63, 3.8) is 0 Å². The lowest BCUT2D eigenvalue weighted by Crippen LogP contribution is -2.34. The summed E-state index contributed by atoms with van der Waals surface area (Å²) in [7, 11) is 0. The minimum atomic E-state index is -1.04. The van der Waals surface area contributed by atoms with Crippen molar-refractivity contribution >= 4 is 5.91 Å². The third-order valence-electron chi connectivity index (χ3n) is 2.46. The molecule has 3 N–H and O–H groups in total. The van der Waals surface area contributed by atoms with Crippen LogP contribution in [0.2, 0.25) is 0 Å². The third kappa shape index (κ3) is 4.35. The van der Waals surface area contributed by atoms with Crippen LogP contribution in [0.25, 0.3) is 0 Å². The quantitative estimate of drug-likeness (QED) is 0.694. The fraction of sp³-hybridized carbons (Fsp3) is 0.462. The highest BCUT2D eigenvalue weighted by atomic mass is 16.5. The molecule has 0 aliphatic carbocycles. The molecule has 0 spiro atoms. The molecule has 2 unspecified atom stereocenters. The monoisotopic (exact) mass is 253 g/mol. The van der Waals surface area contributed by atoms with E-state index in [2.05, 4.69) is 5.32 Å². The minimum absolute atomic E-state index is 0.0176. The molecule has 0 aliphatic heterocycles. The number of rotatable bonds is 6. The maximum absolute atomic E-state index is 10.7. The van der Waals surface area contributed by atoms with Crippen molar-refractivity contribution in [1.82, 2.24) is 5.32 Å². The lowest BCUT2D eigenvalue weighted by molar-refractivity contribution is -0.119. The molecule has 1 amide bonds. The zero-order chi connectivity index (χ0) is 13.5. The van der Waals surface area contributed by atoms with Crippen LogP contribution in [0, 0.1) is 0 Å². The van der Waals surface area contributed by atoms with Gasteiger partial charge >= 0.3 is 0 Å². The van der Waals surface area contributed by atoms with Crippen molar-refractivity contribution in [2.45, 2.75) is 26.1 Å². The Morgan fingerprint density at radius 1 is 1.33 bits per heavy atom. The van der Waals surface area contributed by atoms with Crippen LogP contribution in [0.4, 0.5) is 0 Å². The molecule has 0 saturated carbocycles. The summed E-state index contributed by atoms with van der Waals surface area (Å²) in [5.74, 6) is 0.470. The Morgan fingerprint density at radius 3 is 2.44 bits per heavy atom. The van der Waals surface area contributed by atoms with Gasteiger partial charge in [0.25, 0.3) is 0 Å². The van der Waals surface area contributed by atoms with Gasteiger partial charge in [0.2, 0.25) is 5.91 Å². The van der Waals surface area contributed by atoms with Crippen molar-refractivity contribution in [2.75, 3.05) is 13.2 Å². The number of aliphatic hydroxyl groups excluding tert-OH is 2. The molecule has 0 aromatic heterocycles. The molecule has 0 aliphatic rings. The predicted molar refractivity (Wildman–Crippen MR) is 67.3 cm³/mol. The topological polar surface area (TPSA) is 78.8 Å². The standard InChI is InChI=1S/C13H19NO4/c1-3-18-11-6-4-10(5-7-11)13(17)12(16)8-14-9(2)15/h4-7,12-13,16-17H,3,8H2,1-2H3,(H,14,15). The van der Waals surface area contributed by atoms with Gasteiger partial charge < -0.3 is 20.3 Å². The Hall–Kier alpha value is -1.59. The maximum Gasteiger partial charge on any atom is 0.216 e. The molecular weight excluding hydrogens is 234 g/mol. The van der Waals surface area contributed by atoms with E-state index in [0.717, 1.165) is 0 Å². The summed E-state index contributed by atoms with van der Waals surface area (Å²) >= 11 is 0. The van der Waals surface area contributed by atoms with Gasteiger partial charge in [-0.15, -0.1) is 0 Å². The van der Waals surface area contributed by atoms with Crippen molar-refractivity contribution in [1.29, 1.82) is 0 Å². The first-order valence-electron chi connectivity index (χ1n) is 5.88. The summed E-state index contributed by atoms with van der Waals surface area (Å²) in [6.45, 7) is 3.84. The summed E-state index contributed by atoms with van der Waals surface area (Å²) in [5, 5.41) is 22.0. The Balaban J connectivity index is 2.59. The third-order valence-corrected chi connectivity index (χ3v) is 2.46. The van der Waals surface area contributed by atoms with Gasteiger partial charge in [0.05, 0.1) is 6.61 Å². The predicted octanol–water partition coefficient (Wildman–Crippen LogP) is 0.616. The van der Waals surface area contributed by atoms with Gasteiger partial charge in [-0.2, -0.15) is 0 Å². The van der Waals surface area contributed by atoms with Crippen LogP contribution in [-0.2, 0) is 4.79 Å². The number of amides is 1. The number of carbonyl (C=O) groups is 1. The summed E-state index contributed by atoms with van der Waals surface area (Å²) in [6, 6.07) is 6.83. The first kappa shape index (κ1) is 14.5. The molecule has 18 heavy (non-hydrogen) atoms. The zero-order valence-corrected chi connectivity index (χ0v) is 10.6. The summed E-state index contributed by atoms with van der Waals surface area (Å²) in [5.41, 5.74) is 0.580. The highest BCUT2D eigenvalue weighted by Crippen LogP contribution is 2.20. The fourth-order valence-electron chi connectivity index (χ4n) is 1.51. The van der Waals surface area contributed by atoms with Crippen molar-refractivity contribution in [2.24, 2.45) is 0 Å². The molecule has 5 heteroatoms. The highest BCUT2D eigenvalue weighted by Gasteiger charge is 2.18. The Morgan fingerprint density at radius 2 is 1.94 bits per heavy atom. The largest absolute Gasteiger partial charge is 0.494 e. The van der Waals surface area contributed by atoms with Crippen LogP contribution in [0.5, 0.6) is 5.75 Å². The number of hydrogen-bond donors (Lipinski definition) is 3. The Labute approximate surface area is 106 Å². The number of nitrogens with one attached hydrogen (secondary N) is 1. The van der Waals surface area contributed by atoms with E-state index >= 15 is 0 Å². The summed E-state index contributed by atoms with van der Waals surface area (Å²) in [4.78, 5) is 10.7. The van der Waals surface area contributed by atoms with Gasteiger partial charge in [-0.3, -0.25) is 4.79 Å². The summed E-state index contributed by atoms with van der Waals surface area (Å²) < 4.78 is 5.28. The molecule has 0 heterocycles. The maximum atomic E-state index is 10.7. The first-order chi connectivity index (χ1) is 8.54. The zero-order valence-electron chi connectivity index (χ0n) is 10.6. The van der Waals surface area contributed by atoms with Crippen LogP contribution in [0.15, 0.2) is 24.3 Å². The SMILES string of the molecule is CCOc1ccc(C(O)C(O)CNC(C)=O)cc1. The number of aliphatic hydroxyl groups is 2. The second kappa shape index (κ2) is 6.98. The highest BCUT2D eigenvalue weighted by molar-refractivity contribution is 5.72. The molecule has 2 atom stereocenters. The molecule has 0 bridgehead atoms. The molecule has 0 saturated heterocycles. The van der Waals surface area contributed by atoms with Gasteiger partial charge in [0.15, 0.2) is 0 Å². The average Bonchev–Trinajstić information content (AvgIpc) is 2.36. The van der Waals surface area contributed by atoms with Crippen molar-refractivity contribution < 1.29 is 19.7 Å². The van der Waals surface area contributed by atoms with E-state index in [1.807, 2.05) is 6.92 Å². The number of ether oxygens (including phenoxy) is 1. The van der Waals surface area contributed by atoms with Gasteiger partial charge in [0.1, 0.15) is 18.0 Å². The van der Waals surface area contributed by atoms with E-state index in [-0.39, 0.29) is 12.5 Å². The van der Waals surface area contributed by atoms with Crippen LogP contribution < -0.4 is 10.1 Å². The molecule has 1 aromatic carbocycles. The lowest BCUT2D eigenvalue weighted by atomic mass is 10.0. The molecule has 5 nitrogen and oxygen atoms in total. The second-order valence-corrected chi connectivity index (χ2v) is 3.95. The molecule has 100 valence electrons. The summed E-state index contributed by atoms with van der Waals surface area (Å²) in [6.07, 6.45) is -2.07. The van der Waals surface area contributed by atoms with E-state index < -0.39 is 12.2 Å². The molecular formula is C13H19NO4. The minimum Gasteiger partial charge on any atom is -0.494 e. The fourth-order valence-corrected chi connectivity index (χ4v) is 1.51. The van der Waals surface area contributed by atoms with Gasteiger partial charge in [-0.1, -0.05) is 12.1 Å². The van der Waals surface area contributed by atoms with Crippen molar-refractivity contribution in [3.05, 3.63) is 29.8 Å². The van der Waals surface area contributed by atoms with Crippen LogP contribution in [-0.4, -0.2) is 35.4 Å². The number of carbonyl (C=O) groups excluding carboxylic acids is 1. The number of benzene rings is 1. The van der Waals surface area contributed by atoms with E-state index in [1.165, 1.54) is 6.92 Å². The smallest absolute Gasteiger partial charge is 0.216 e. The number of hydrogen-bond acceptors (Lipinski definition) is 4. The second-order valence-electron chi connectivity index (χ2n) is 3.95. The van der Waals surface area contributed by atoms with Crippen molar-refractivity contribution in [3.8, 4) is 5.75 Å². The molecule has 1 rings (SSSR count). The van der Waals surface area contributed by atoms with Crippen LogP contribution >= 0.6 is 0 Å².